The third-order valence-corrected chi connectivity index (χ3v) is 1.52. The van der Waals surface area contributed by atoms with Crippen LogP contribution in [0.5, 0.6) is 0 Å². The van der Waals surface area contributed by atoms with Gasteiger partial charge in [-0.15, -0.1) is 6.42 Å². The van der Waals surface area contributed by atoms with Crippen LogP contribution in [0.3, 0.4) is 0 Å². The standard InChI is InChI=1S/C10H17NO2/c1-4-9(3)11-10(12)7-6-8-13-5-2/h1,9H,5-8H2,2-3H3,(H,11,12). The van der Waals surface area contributed by atoms with Crippen LogP contribution in [0.15, 0.2) is 0 Å². The predicted octanol–water partition coefficient (Wildman–Crippen LogP) is 0.941. The fraction of sp³-hybridized carbons (Fsp3) is 0.700. The van der Waals surface area contributed by atoms with E-state index in [0.717, 1.165) is 6.42 Å². The van der Waals surface area contributed by atoms with Gasteiger partial charge in [0.15, 0.2) is 0 Å². The van der Waals surface area contributed by atoms with E-state index in [-0.39, 0.29) is 11.9 Å². The van der Waals surface area contributed by atoms with Gasteiger partial charge in [-0.25, -0.2) is 0 Å². The van der Waals surface area contributed by atoms with Crippen LogP contribution in [-0.2, 0) is 9.53 Å². The van der Waals surface area contributed by atoms with Gasteiger partial charge in [0.2, 0.25) is 5.91 Å². The maximum absolute atomic E-state index is 11.1. The van der Waals surface area contributed by atoms with Crippen LogP contribution in [-0.4, -0.2) is 25.2 Å². The average Bonchev–Trinajstić information content (AvgIpc) is 2.12. The highest BCUT2D eigenvalue weighted by atomic mass is 16.5. The van der Waals surface area contributed by atoms with Crippen LogP contribution in [0.2, 0.25) is 0 Å². The Morgan fingerprint density at radius 1 is 1.69 bits per heavy atom. The first kappa shape index (κ1) is 12.0. The van der Waals surface area contributed by atoms with Crippen LogP contribution in [0.25, 0.3) is 0 Å². The maximum atomic E-state index is 11.1. The van der Waals surface area contributed by atoms with Gasteiger partial charge < -0.3 is 10.1 Å². The van der Waals surface area contributed by atoms with E-state index in [9.17, 15) is 4.79 Å². The number of rotatable bonds is 6. The van der Waals surface area contributed by atoms with Crippen LogP contribution < -0.4 is 5.32 Å². The lowest BCUT2D eigenvalue weighted by atomic mass is 10.3. The summed E-state index contributed by atoms with van der Waals surface area (Å²) in [5.41, 5.74) is 0. The van der Waals surface area contributed by atoms with Crippen molar-refractivity contribution in [3.8, 4) is 12.3 Å². The van der Waals surface area contributed by atoms with Gasteiger partial charge >= 0.3 is 0 Å². The number of carbonyl (C=O) groups is 1. The molecule has 0 aliphatic heterocycles. The molecule has 0 aromatic carbocycles. The molecule has 0 aliphatic carbocycles. The molecule has 1 unspecified atom stereocenters. The van der Waals surface area contributed by atoms with Crippen molar-refractivity contribution in [2.24, 2.45) is 0 Å². The molecule has 0 heterocycles. The zero-order valence-electron chi connectivity index (χ0n) is 8.30. The van der Waals surface area contributed by atoms with Crippen LogP contribution in [0, 0.1) is 12.3 Å². The number of terminal acetylenes is 1. The Kier molecular flexibility index (Phi) is 7.04. The van der Waals surface area contributed by atoms with E-state index in [1.165, 1.54) is 0 Å². The molecule has 1 N–H and O–H groups in total. The Morgan fingerprint density at radius 2 is 2.38 bits per heavy atom. The quantitative estimate of drug-likeness (QED) is 0.491. The minimum Gasteiger partial charge on any atom is -0.382 e. The van der Waals surface area contributed by atoms with Crippen molar-refractivity contribution in [3.63, 3.8) is 0 Å². The molecule has 3 heteroatoms. The molecule has 0 rings (SSSR count). The van der Waals surface area contributed by atoms with E-state index in [2.05, 4.69) is 11.2 Å². The molecule has 1 atom stereocenters. The topological polar surface area (TPSA) is 38.3 Å². The van der Waals surface area contributed by atoms with E-state index in [1.54, 1.807) is 6.92 Å². The molecule has 0 bridgehead atoms. The largest absolute Gasteiger partial charge is 0.382 e. The summed E-state index contributed by atoms with van der Waals surface area (Å²) in [6, 6.07) is -0.181. The highest BCUT2D eigenvalue weighted by molar-refractivity contribution is 5.76. The molecule has 0 spiro atoms. The lowest BCUT2D eigenvalue weighted by Crippen LogP contribution is -2.31. The molecule has 74 valence electrons. The summed E-state index contributed by atoms with van der Waals surface area (Å²) in [4.78, 5) is 11.1. The fourth-order valence-electron chi connectivity index (χ4n) is 0.834. The first-order chi connectivity index (χ1) is 6.20. The highest BCUT2D eigenvalue weighted by Gasteiger charge is 2.03. The van der Waals surface area contributed by atoms with Crippen LogP contribution in [0.1, 0.15) is 26.7 Å². The third-order valence-electron chi connectivity index (χ3n) is 1.52. The molecule has 0 aromatic rings. The Labute approximate surface area is 79.8 Å². The highest BCUT2D eigenvalue weighted by Crippen LogP contribution is 1.91. The molecule has 0 saturated carbocycles. The second-order valence-electron chi connectivity index (χ2n) is 2.76. The van der Waals surface area contributed by atoms with Gasteiger partial charge in [0.1, 0.15) is 0 Å². The molecule has 0 aromatic heterocycles. The average molecular weight is 183 g/mol. The maximum Gasteiger partial charge on any atom is 0.221 e. The third kappa shape index (κ3) is 7.35. The number of amides is 1. The first-order valence-electron chi connectivity index (χ1n) is 4.54. The fourth-order valence-corrected chi connectivity index (χ4v) is 0.834. The number of hydrogen-bond acceptors (Lipinski definition) is 2. The molecule has 0 fully saturated rings. The van der Waals surface area contributed by atoms with Crippen molar-refractivity contribution in [2.45, 2.75) is 32.7 Å². The summed E-state index contributed by atoms with van der Waals surface area (Å²) in [6.45, 7) is 5.04. The monoisotopic (exact) mass is 183 g/mol. The smallest absolute Gasteiger partial charge is 0.221 e. The molecular formula is C10H17NO2. The van der Waals surface area contributed by atoms with Crippen molar-refractivity contribution in [3.05, 3.63) is 0 Å². The second kappa shape index (κ2) is 7.63. The lowest BCUT2D eigenvalue weighted by molar-refractivity contribution is -0.121. The Balaban J connectivity index is 3.36. The van der Waals surface area contributed by atoms with Crippen molar-refractivity contribution in [2.75, 3.05) is 13.2 Å². The van der Waals surface area contributed by atoms with Gasteiger partial charge in [-0.3, -0.25) is 4.79 Å². The van der Waals surface area contributed by atoms with Gasteiger partial charge in [0.25, 0.3) is 0 Å². The summed E-state index contributed by atoms with van der Waals surface area (Å²) < 4.78 is 5.09. The van der Waals surface area contributed by atoms with Crippen molar-refractivity contribution >= 4 is 5.91 Å². The van der Waals surface area contributed by atoms with E-state index >= 15 is 0 Å². The first-order valence-corrected chi connectivity index (χ1v) is 4.54. The van der Waals surface area contributed by atoms with Crippen molar-refractivity contribution < 1.29 is 9.53 Å². The molecule has 1 amide bonds. The van der Waals surface area contributed by atoms with Gasteiger partial charge in [-0.05, 0) is 20.3 Å². The Morgan fingerprint density at radius 3 is 2.92 bits per heavy atom. The molecule has 0 radical (unpaired) electrons. The van der Waals surface area contributed by atoms with E-state index in [0.29, 0.717) is 19.6 Å². The van der Waals surface area contributed by atoms with Crippen LogP contribution >= 0.6 is 0 Å². The number of hydrogen-bond donors (Lipinski definition) is 1. The minimum atomic E-state index is -0.181. The van der Waals surface area contributed by atoms with E-state index in [4.69, 9.17) is 11.2 Å². The Bertz CT molecular complexity index is 184. The zero-order valence-corrected chi connectivity index (χ0v) is 8.30. The zero-order chi connectivity index (χ0) is 10.1. The summed E-state index contributed by atoms with van der Waals surface area (Å²) in [5, 5.41) is 2.68. The van der Waals surface area contributed by atoms with Crippen molar-refractivity contribution in [1.82, 2.24) is 5.32 Å². The van der Waals surface area contributed by atoms with Crippen molar-refractivity contribution in [1.29, 1.82) is 0 Å². The Hall–Kier alpha value is -1.01. The summed E-state index contributed by atoms with van der Waals surface area (Å²) >= 11 is 0. The van der Waals surface area contributed by atoms with E-state index < -0.39 is 0 Å². The normalized spacial score (nSPS) is 11.8. The molecule has 0 aliphatic rings. The molecule has 13 heavy (non-hydrogen) atoms. The lowest BCUT2D eigenvalue weighted by Gasteiger charge is -2.07. The summed E-state index contributed by atoms with van der Waals surface area (Å²) in [6.07, 6.45) is 6.33. The van der Waals surface area contributed by atoms with Gasteiger partial charge in [0, 0.05) is 19.6 Å². The predicted molar refractivity (Wildman–Crippen MR) is 52.2 cm³/mol. The summed E-state index contributed by atoms with van der Waals surface area (Å²) in [5.74, 6) is 2.43. The van der Waals surface area contributed by atoms with Gasteiger partial charge in [-0.2, -0.15) is 0 Å². The van der Waals surface area contributed by atoms with Gasteiger partial charge in [0.05, 0.1) is 6.04 Å². The number of ether oxygens (including phenoxy) is 1. The summed E-state index contributed by atoms with van der Waals surface area (Å²) in [7, 11) is 0. The number of nitrogens with one attached hydrogen (secondary N) is 1. The molecule has 3 nitrogen and oxygen atoms in total. The SMILES string of the molecule is C#CC(C)NC(=O)CCCOCC. The number of carbonyl (C=O) groups excluding carboxylic acids is 1. The van der Waals surface area contributed by atoms with Crippen LogP contribution in [0.4, 0.5) is 0 Å². The second-order valence-corrected chi connectivity index (χ2v) is 2.76. The van der Waals surface area contributed by atoms with E-state index in [1.807, 2.05) is 6.92 Å². The molecule has 0 saturated heterocycles. The van der Waals surface area contributed by atoms with Gasteiger partial charge in [-0.1, -0.05) is 5.92 Å². The molecular weight excluding hydrogens is 166 g/mol. The minimum absolute atomic E-state index is 0.00912.